The molecule has 98 valence electrons. The number of hydrogen-bond donors (Lipinski definition) is 0. The molecule has 0 atom stereocenters. The molecule has 0 spiro atoms. The summed E-state index contributed by atoms with van der Waals surface area (Å²) in [6.45, 7) is 4.60. The lowest BCUT2D eigenvalue weighted by Gasteiger charge is -2.08. The molecule has 18 heavy (non-hydrogen) atoms. The Labute approximate surface area is 108 Å². The Morgan fingerprint density at radius 3 is 2.50 bits per heavy atom. The maximum atomic E-state index is 11.7. The highest BCUT2D eigenvalue weighted by Crippen LogP contribution is 2.09. The van der Waals surface area contributed by atoms with Crippen LogP contribution in [0, 0.1) is 5.92 Å². The van der Waals surface area contributed by atoms with Gasteiger partial charge in [-0.2, -0.15) is 0 Å². The molecule has 1 aromatic rings. The highest BCUT2D eigenvalue weighted by Gasteiger charge is 2.11. The van der Waals surface area contributed by atoms with Crippen LogP contribution in [0.25, 0.3) is 6.08 Å². The molecule has 3 nitrogen and oxygen atoms in total. The van der Waals surface area contributed by atoms with Crippen molar-refractivity contribution in [3.63, 3.8) is 0 Å². The Hall–Kier alpha value is -1.77. The predicted molar refractivity (Wildman–Crippen MR) is 71.8 cm³/mol. The van der Waals surface area contributed by atoms with Gasteiger partial charge in [0.25, 0.3) is 0 Å². The lowest BCUT2D eigenvalue weighted by Crippen LogP contribution is -2.11. The molecule has 1 aromatic carbocycles. The average Bonchev–Trinajstić information content (AvgIpc) is 2.36. The molecule has 0 saturated heterocycles. The second-order valence-corrected chi connectivity index (χ2v) is 4.44. The van der Waals surface area contributed by atoms with Gasteiger partial charge in [-0.25, -0.2) is 4.79 Å². The minimum Gasteiger partial charge on any atom is -0.490 e. The first-order valence-corrected chi connectivity index (χ1v) is 6.11. The molecule has 3 heteroatoms. The highest BCUT2D eigenvalue weighted by molar-refractivity contribution is 5.91. The van der Waals surface area contributed by atoms with Gasteiger partial charge < -0.3 is 9.47 Å². The summed E-state index contributed by atoms with van der Waals surface area (Å²) >= 11 is 0. The largest absolute Gasteiger partial charge is 0.490 e. The van der Waals surface area contributed by atoms with E-state index < -0.39 is 5.97 Å². The van der Waals surface area contributed by atoms with Crippen molar-refractivity contribution in [2.24, 2.45) is 5.92 Å². The Balaban J connectivity index is 2.60. The number of esters is 1. The standard InChI is InChI=1S/C15H20O3/c1-12(2)9-10-18-15(16)14(17-3)11-13-7-5-4-6-8-13/h4-8,11-12H,9-10H2,1-3H3/b14-11-. The van der Waals surface area contributed by atoms with E-state index in [9.17, 15) is 4.79 Å². The molecule has 0 heterocycles. The fourth-order valence-corrected chi connectivity index (χ4v) is 1.36. The third kappa shape index (κ3) is 5.04. The number of ether oxygens (including phenoxy) is 2. The third-order valence-corrected chi connectivity index (χ3v) is 2.45. The van der Waals surface area contributed by atoms with E-state index in [-0.39, 0.29) is 5.76 Å². The van der Waals surface area contributed by atoms with E-state index in [0.29, 0.717) is 12.5 Å². The number of hydrogen-bond acceptors (Lipinski definition) is 3. The SMILES string of the molecule is CO/C(=C\c1ccccc1)C(=O)OCCC(C)C. The van der Waals surface area contributed by atoms with Crippen LogP contribution in [0.15, 0.2) is 36.1 Å². The molecule has 0 unspecified atom stereocenters. The predicted octanol–water partition coefficient (Wildman–Crippen LogP) is 3.26. The summed E-state index contributed by atoms with van der Waals surface area (Å²) in [6.07, 6.45) is 2.53. The molecule has 0 aliphatic rings. The van der Waals surface area contributed by atoms with E-state index >= 15 is 0 Å². The minimum atomic E-state index is -0.415. The summed E-state index contributed by atoms with van der Waals surface area (Å²) in [4.78, 5) is 11.7. The van der Waals surface area contributed by atoms with Crippen LogP contribution in [-0.2, 0) is 14.3 Å². The molecule has 0 aromatic heterocycles. The summed E-state index contributed by atoms with van der Waals surface area (Å²) in [5, 5.41) is 0. The van der Waals surface area contributed by atoms with Crippen molar-refractivity contribution < 1.29 is 14.3 Å². The van der Waals surface area contributed by atoms with Gasteiger partial charge in [0.15, 0.2) is 0 Å². The van der Waals surface area contributed by atoms with Crippen LogP contribution in [0.4, 0.5) is 0 Å². The van der Waals surface area contributed by atoms with Crippen LogP contribution in [0.5, 0.6) is 0 Å². The van der Waals surface area contributed by atoms with Gasteiger partial charge in [-0.05, 0) is 24.0 Å². The fraction of sp³-hybridized carbons (Fsp3) is 0.400. The molecule has 1 rings (SSSR count). The van der Waals surface area contributed by atoms with Gasteiger partial charge >= 0.3 is 5.97 Å². The molecule has 0 radical (unpaired) electrons. The van der Waals surface area contributed by atoms with Gasteiger partial charge in [-0.15, -0.1) is 0 Å². The van der Waals surface area contributed by atoms with Crippen molar-refractivity contribution in [1.82, 2.24) is 0 Å². The Morgan fingerprint density at radius 2 is 1.94 bits per heavy atom. The summed E-state index contributed by atoms with van der Waals surface area (Å²) in [6, 6.07) is 9.54. The van der Waals surface area contributed by atoms with Crippen LogP contribution in [0.2, 0.25) is 0 Å². The number of rotatable bonds is 6. The van der Waals surface area contributed by atoms with Crippen molar-refractivity contribution in [2.45, 2.75) is 20.3 Å². The van der Waals surface area contributed by atoms with Crippen LogP contribution in [-0.4, -0.2) is 19.7 Å². The van der Waals surface area contributed by atoms with Gasteiger partial charge in [0.05, 0.1) is 13.7 Å². The maximum absolute atomic E-state index is 11.7. The van der Waals surface area contributed by atoms with E-state index in [1.54, 1.807) is 6.08 Å². The Kier molecular flexibility index (Phi) is 5.98. The van der Waals surface area contributed by atoms with Crippen molar-refractivity contribution in [3.8, 4) is 0 Å². The van der Waals surface area contributed by atoms with Crippen LogP contribution in [0.3, 0.4) is 0 Å². The highest BCUT2D eigenvalue weighted by atomic mass is 16.6. The van der Waals surface area contributed by atoms with Crippen molar-refractivity contribution in [1.29, 1.82) is 0 Å². The third-order valence-electron chi connectivity index (χ3n) is 2.45. The minimum absolute atomic E-state index is 0.227. The first-order valence-electron chi connectivity index (χ1n) is 6.11. The summed E-state index contributed by atoms with van der Waals surface area (Å²) in [7, 11) is 1.47. The van der Waals surface area contributed by atoms with Crippen molar-refractivity contribution >= 4 is 12.0 Å². The molecular formula is C15H20O3. The molecule has 0 aliphatic heterocycles. The van der Waals surface area contributed by atoms with Crippen LogP contribution in [0.1, 0.15) is 25.8 Å². The zero-order valence-electron chi connectivity index (χ0n) is 11.2. The molecule has 0 aliphatic carbocycles. The quantitative estimate of drug-likeness (QED) is 0.440. The van der Waals surface area contributed by atoms with E-state index in [4.69, 9.17) is 9.47 Å². The molecule has 0 bridgehead atoms. The zero-order valence-corrected chi connectivity index (χ0v) is 11.2. The smallest absolute Gasteiger partial charge is 0.373 e. The van der Waals surface area contributed by atoms with Gasteiger partial charge in [-0.1, -0.05) is 44.2 Å². The van der Waals surface area contributed by atoms with E-state index in [1.165, 1.54) is 7.11 Å². The second kappa shape index (κ2) is 7.54. The Bertz CT molecular complexity index is 393. The molecule has 0 N–H and O–H groups in total. The first kappa shape index (κ1) is 14.3. The van der Waals surface area contributed by atoms with Crippen molar-refractivity contribution in [3.05, 3.63) is 41.7 Å². The zero-order chi connectivity index (χ0) is 13.4. The molecule has 0 saturated carbocycles. The molecule has 0 amide bonds. The summed E-state index contributed by atoms with van der Waals surface area (Å²) < 4.78 is 10.2. The van der Waals surface area contributed by atoms with E-state index in [1.807, 2.05) is 30.3 Å². The molecule has 0 fully saturated rings. The monoisotopic (exact) mass is 248 g/mol. The second-order valence-electron chi connectivity index (χ2n) is 4.44. The lowest BCUT2D eigenvalue weighted by atomic mass is 10.1. The number of carbonyl (C=O) groups excluding carboxylic acids is 1. The van der Waals surface area contributed by atoms with Gasteiger partial charge in [0.2, 0.25) is 5.76 Å². The topological polar surface area (TPSA) is 35.5 Å². The Morgan fingerprint density at radius 1 is 1.28 bits per heavy atom. The average molecular weight is 248 g/mol. The van der Waals surface area contributed by atoms with Crippen LogP contribution < -0.4 is 0 Å². The normalized spacial score (nSPS) is 11.4. The lowest BCUT2D eigenvalue weighted by molar-refractivity contribution is -0.142. The number of methoxy groups -OCH3 is 1. The van der Waals surface area contributed by atoms with Crippen molar-refractivity contribution in [2.75, 3.05) is 13.7 Å². The van der Waals surface area contributed by atoms with E-state index in [2.05, 4.69) is 13.8 Å². The van der Waals surface area contributed by atoms with Gasteiger partial charge in [-0.3, -0.25) is 0 Å². The number of carbonyl (C=O) groups is 1. The fourth-order valence-electron chi connectivity index (χ4n) is 1.36. The summed E-state index contributed by atoms with van der Waals surface area (Å²) in [5.41, 5.74) is 0.912. The first-order chi connectivity index (χ1) is 8.63. The van der Waals surface area contributed by atoms with Gasteiger partial charge in [0.1, 0.15) is 0 Å². The molecular weight excluding hydrogens is 228 g/mol. The van der Waals surface area contributed by atoms with Crippen LogP contribution >= 0.6 is 0 Å². The number of benzene rings is 1. The van der Waals surface area contributed by atoms with E-state index in [0.717, 1.165) is 12.0 Å². The maximum Gasteiger partial charge on any atom is 0.373 e. The van der Waals surface area contributed by atoms with Gasteiger partial charge in [0, 0.05) is 0 Å². The summed E-state index contributed by atoms with van der Waals surface area (Å²) in [5.74, 6) is 0.328.